The second-order valence-electron chi connectivity index (χ2n) is 6.48. The molecule has 1 heterocycles. The van der Waals surface area contributed by atoms with Gasteiger partial charge in [-0.2, -0.15) is 0 Å². The fourth-order valence-electron chi connectivity index (χ4n) is 3.62. The third-order valence-electron chi connectivity index (χ3n) is 4.59. The summed E-state index contributed by atoms with van der Waals surface area (Å²) >= 11 is 0. The van der Waals surface area contributed by atoms with Crippen LogP contribution in [-0.4, -0.2) is 37.2 Å². The number of fused-ring (bicyclic) bond motifs is 3. The number of Topliss-reactive ketones (excluding diaryl/α,β-unsaturated/α-hetero) is 1. The molecule has 3 rings (SSSR count). The van der Waals surface area contributed by atoms with Crippen LogP contribution in [0.3, 0.4) is 0 Å². The Labute approximate surface area is 137 Å². The number of halogens is 1. The minimum atomic E-state index is 0. The van der Waals surface area contributed by atoms with E-state index in [0.29, 0.717) is 12.8 Å². The molecule has 0 radical (unpaired) electrons. The molecule has 1 N–H and O–H groups in total. The molecule has 0 aromatic heterocycles. The van der Waals surface area contributed by atoms with Gasteiger partial charge in [0, 0.05) is 30.1 Å². The van der Waals surface area contributed by atoms with E-state index >= 15 is 0 Å². The molecule has 1 unspecified atom stereocenters. The highest BCUT2D eigenvalue weighted by Crippen LogP contribution is 2.37. The van der Waals surface area contributed by atoms with E-state index < -0.39 is 0 Å². The highest BCUT2D eigenvalue weighted by molar-refractivity contribution is 6.05. The number of rotatable bonds is 2. The molecule has 1 amide bonds. The fraction of sp³-hybridized carbons (Fsp3) is 0.529. The van der Waals surface area contributed by atoms with Crippen LogP contribution in [0.15, 0.2) is 6.07 Å². The van der Waals surface area contributed by atoms with Crippen LogP contribution < -0.4 is 5.32 Å². The summed E-state index contributed by atoms with van der Waals surface area (Å²) in [5.74, 6) is 0.395. The van der Waals surface area contributed by atoms with Crippen LogP contribution in [0, 0.1) is 12.8 Å². The fourth-order valence-corrected chi connectivity index (χ4v) is 3.62. The third kappa shape index (κ3) is 2.90. The Morgan fingerprint density at radius 1 is 1.18 bits per heavy atom. The normalized spacial score (nSPS) is 20.1. The van der Waals surface area contributed by atoms with Gasteiger partial charge in [0.05, 0.1) is 0 Å². The van der Waals surface area contributed by atoms with Crippen molar-refractivity contribution in [2.45, 2.75) is 32.6 Å². The molecule has 5 heteroatoms. The molecule has 22 heavy (non-hydrogen) atoms. The Hall–Kier alpha value is -1.39. The van der Waals surface area contributed by atoms with E-state index in [2.05, 4.69) is 10.2 Å². The van der Waals surface area contributed by atoms with E-state index in [1.54, 1.807) is 0 Å². The summed E-state index contributed by atoms with van der Waals surface area (Å²) in [7, 11) is 4.02. The maximum atomic E-state index is 12.9. The topological polar surface area (TPSA) is 49.4 Å². The second-order valence-corrected chi connectivity index (χ2v) is 6.48. The number of carbonyl (C=O) groups excluding carboxylic acids is 2. The van der Waals surface area contributed by atoms with Crippen molar-refractivity contribution >= 4 is 29.8 Å². The molecular weight excluding hydrogens is 300 g/mol. The number of anilines is 1. The van der Waals surface area contributed by atoms with Gasteiger partial charge in [0.2, 0.25) is 5.91 Å². The Kier molecular flexibility index (Phi) is 4.93. The monoisotopic (exact) mass is 322 g/mol. The number of ketones is 1. The van der Waals surface area contributed by atoms with Gasteiger partial charge < -0.3 is 10.2 Å². The highest BCUT2D eigenvalue weighted by Gasteiger charge is 2.33. The average Bonchev–Trinajstić information content (AvgIpc) is 2.41. The highest BCUT2D eigenvalue weighted by atomic mass is 35.5. The van der Waals surface area contributed by atoms with E-state index in [-0.39, 0.29) is 30.0 Å². The number of nitrogens with one attached hydrogen (secondary N) is 1. The predicted molar refractivity (Wildman–Crippen MR) is 90.1 cm³/mol. The smallest absolute Gasteiger partial charge is 0.224 e. The maximum absolute atomic E-state index is 12.9. The van der Waals surface area contributed by atoms with Crippen LogP contribution in [-0.2, 0) is 17.6 Å². The maximum Gasteiger partial charge on any atom is 0.224 e. The number of nitrogens with zero attached hydrogens (tertiary/aromatic N) is 1. The summed E-state index contributed by atoms with van der Waals surface area (Å²) in [5, 5.41) is 2.93. The van der Waals surface area contributed by atoms with Crippen LogP contribution in [0.1, 0.15) is 39.9 Å². The molecule has 0 bridgehead atoms. The van der Waals surface area contributed by atoms with Crippen molar-refractivity contribution in [1.29, 1.82) is 0 Å². The van der Waals surface area contributed by atoms with Gasteiger partial charge in [-0.3, -0.25) is 9.59 Å². The molecule has 0 saturated carbocycles. The minimum Gasteiger partial charge on any atom is -0.326 e. The summed E-state index contributed by atoms with van der Waals surface area (Å²) in [4.78, 5) is 26.6. The molecular formula is C17H23ClN2O2. The van der Waals surface area contributed by atoms with Crippen LogP contribution in [0.25, 0.3) is 0 Å². The lowest BCUT2D eigenvalue weighted by atomic mass is 9.76. The number of hydrogen-bond donors (Lipinski definition) is 1. The number of benzene rings is 1. The first-order chi connectivity index (χ1) is 9.97. The summed E-state index contributed by atoms with van der Waals surface area (Å²) < 4.78 is 0. The second kappa shape index (κ2) is 6.39. The summed E-state index contributed by atoms with van der Waals surface area (Å²) in [6.45, 7) is 2.84. The molecule has 2 aliphatic rings. The zero-order valence-electron chi connectivity index (χ0n) is 13.4. The van der Waals surface area contributed by atoms with Crippen molar-refractivity contribution in [3.05, 3.63) is 28.3 Å². The van der Waals surface area contributed by atoms with Gasteiger partial charge >= 0.3 is 0 Å². The molecule has 1 aliphatic heterocycles. The molecule has 4 nitrogen and oxygen atoms in total. The van der Waals surface area contributed by atoms with Gasteiger partial charge in [0.15, 0.2) is 5.78 Å². The van der Waals surface area contributed by atoms with Crippen LogP contribution in [0.5, 0.6) is 0 Å². The zero-order valence-corrected chi connectivity index (χ0v) is 14.2. The van der Waals surface area contributed by atoms with Gasteiger partial charge in [-0.05, 0) is 63.0 Å². The zero-order chi connectivity index (χ0) is 15.1. The first-order valence-corrected chi connectivity index (χ1v) is 7.61. The van der Waals surface area contributed by atoms with Gasteiger partial charge in [-0.1, -0.05) is 0 Å². The van der Waals surface area contributed by atoms with E-state index in [9.17, 15) is 9.59 Å². The Bertz CT molecular complexity index is 626. The summed E-state index contributed by atoms with van der Waals surface area (Å²) in [6, 6.07) is 2.03. The van der Waals surface area contributed by atoms with E-state index in [1.807, 2.05) is 27.1 Å². The van der Waals surface area contributed by atoms with Crippen molar-refractivity contribution in [3.8, 4) is 0 Å². The van der Waals surface area contributed by atoms with Crippen molar-refractivity contribution in [2.75, 3.05) is 26.0 Å². The average molecular weight is 323 g/mol. The number of hydrogen-bond acceptors (Lipinski definition) is 3. The summed E-state index contributed by atoms with van der Waals surface area (Å²) in [5.41, 5.74) is 5.14. The number of aryl methyl sites for hydroxylation is 1. The van der Waals surface area contributed by atoms with Crippen molar-refractivity contribution in [2.24, 2.45) is 5.92 Å². The quantitative estimate of drug-likeness (QED) is 0.910. The Balaban J connectivity index is 0.00000176. The SMILES string of the molecule is Cc1cc2c(c3c1CCC(CN(C)C)C3=O)CCC(=O)N2.Cl. The third-order valence-corrected chi connectivity index (χ3v) is 4.59. The Morgan fingerprint density at radius 3 is 2.59 bits per heavy atom. The number of carbonyl (C=O) groups is 2. The Morgan fingerprint density at radius 2 is 1.91 bits per heavy atom. The van der Waals surface area contributed by atoms with Crippen LogP contribution >= 0.6 is 12.4 Å². The lowest BCUT2D eigenvalue weighted by Gasteiger charge is -2.31. The molecule has 0 saturated heterocycles. The first-order valence-electron chi connectivity index (χ1n) is 7.61. The van der Waals surface area contributed by atoms with Gasteiger partial charge in [-0.25, -0.2) is 0 Å². The minimum absolute atomic E-state index is 0. The van der Waals surface area contributed by atoms with Crippen molar-refractivity contribution < 1.29 is 9.59 Å². The van der Waals surface area contributed by atoms with Crippen LogP contribution in [0.2, 0.25) is 0 Å². The van der Waals surface area contributed by atoms with Gasteiger partial charge in [0.25, 0.3) is 0 Å². The molecule has 1 aromatic rings. The summed E-state index contributed by atoms with van der Waals surface area (Å²) in [6.07, 6.45) is 3.06. The molecule has 1 aromatic carbocycles. The lowest BCUT2D eigenvalue weighted by Crippen LogP contribution is -2.34. The van der Waals surface area contributed by atoms with Crippen molar-refractivity contribution in [3.63, 3.8) is 0 Å². The predicted octanol–water partition coefficient (Wildman–Crippen LogP) is 2.61. The van der Waals surface area contributed by atoms with Crippen LogP contribution in [0.4, 0.5) is 5.69 Å². The molecule has 1 aliphatic carbocycles. The molecule has 0 spiro atoms. The lowest BCUT2D eigenvalue weighted by molar-refractivity contribution is -0.116. The van der Waals surface area contributed by atoms with Crippen molar-refractivity contribution in [1.82, 2.24) is 4.90 Å². The van der Waals surface area contributed by atoms with Gasteiger partial charge in [-0.15, -0.1) is 12.4 Å². The molecule has 120 valence electrons. The van der Waals surface area contributed by atoms with Gasteiger partial charge in [0.1, 0.15) is 0 Å². The molecule has 0 fully saturated rings. The van der Waals surface area contributed by atoms with E-state index in [0.717, 1.165) is 41.8 Å². The first kappa shape index (κ1) is 17.0. The van der Waals surface area contributed by atoms with E-state index in [1.165, 1.54) is 5.56 Å². The molecule has 1 atom stereocenters. The largest absolute Gasteiger partial charge is 0.326 e. The standard InChI is InChI=1S/C17H22N2O2.ClH/c1-10-8-14-13(6-7-15(20)18-14)16-12(10)5-4-11(17(16)21)9-19(2)3;/h8,11H,4-7,9H2,1-3H3,(H,18,20);1H. The van der Waals surface area contributed by atoms with E-state index in [4.69, 9.17) is 0 Å². The number of amides is 1.